The molecule has 2 aromatic rings. The Morgan fingerprint density at radius 3 is 2.55 bits per heavy atom. The van der Waals surface area contributed by atoms with Gasteiger partial charge in [0.1, 0.15) is 5.82 Å². The van der Waals surface area contributed by atoms with Gasteiger partial charge >= 0.3 is 0 Å². The van der Waals surface area contributed by atoms with E-state index in [2.05, 4.69) is 43.1 Å². The first-order chi connectivity index (χ1) is 9.61. The summed E-state index contributed by atoms with van der Waals surface area (Å²) in [7, 11) is 6.29. The van der Waals surface area contributed by atoms with Crippen LogP contribution in [0.15, 0.2) is 30.3 Å². The topological polar surface area (TPSA) is 45.4 Å². The zero-order chi connectivity index (χ0) is 14.5. The van der Waals surface area contributed by atoms with E-state index in [9.17, 15) is 0 Å². The summed E-state index contributed by atoms with van der Waals surface area (Å²) < 4.78 is 0. The lowest BCUT2D eigenvalue weighted by atomic mass is 10.1. The minimum atomic E-state index is 0.543. The predicted molar refractivity (Wildman–Crippen MR) is 86.1 cm³/mol. The van der Waals surface area contributed by atoms with Crippen LogP contribution in [0.25, 0.3) is 10.9 Å². The molecule has 0 unspecified atom stereocenters. The molecule has 2 rings (SSSR count). The average Bonchev–Trinajstić information content (AvgIpc) is 2.45. The van der Waals surface area contributed by atoms with Crippen molar-refractivity contribution in [1.82, 2.24) is 9.88 Å². The molecule has 0 atom stereocenters. The summed E-state index contributed by atoms with van der Waals surface area (Å²) in [5.74, 6) is 1.00. The minimum Gasteiger partial charge on any atom is -0.360 e. The molecule has 1 aromatic carbocycles. The molecule has 0 saturated carbocycles. The highest BCUT2D eigenvalue weighted by atomic mass is 15.2. The van der Waals surface area contributed by atoms with Gasteiger partial charge < -0.3 is 15.5 Å². The lowest BCUT2D eigenvalue weighted by Crippen LogP contribution is -2.24. The third kappa shape index (κ3) is 3.46. The smallest absolute Gasteiger partial charge is 0.129 e. The quantitative estimate of drug-likeness (QED) is 0.874. The van der Waals surface area contributed by atoms with E-state index in [0.29, 0.717) is 6.54 Å². The second kappa shape index (κ2) is 6.68. The number of hydrogen-bond acceptors (Lipinski definition) is 4. The first-order valence-corrected chi connectivity index (χ1v) is 7.06. The predicted octanol–water partition coefficient (Wildman–Crippen LogP) is 2.08. The third-order valence-electron chi connectivity index (χ3n) is 3.50. The number of rotatable bonds is 6. The summed E-state index contributed by atoms with van der Waals surface area (Å²) >= 11 is 0. The standard InChI is InChI=1S/C16H24N4/c1-19(2)9-6-10-20(3)16-11-13(12-17)14-7-4-5-8-15(14)18-16/h4-5,7-8,11H,6,9-10,12,17H2,1-3H3. The minimum absolute atomic E-state index is 0.543. The number of benzene rings is 1. The number of pyridine rings is 1. The maximum absolute atomic E-state index is 5.87. The van der Waals surface area contributed by atoms with Crippen molar-refractivity contribution in [3.05, 3.63) is 35.9 Å². The Morgan fingerprint density at radius 2 is 1.85 bits per heavy atom. The highest BCUT2D eigenvalue weighted by Crippen LogP contribution is 2.22. The normalized spacial score (nSPS) is 11.2. The Kier molecular flexibility index (Phi) is 4.93. The molecule has 0 amide bonds. The number of aromatic nitrogens is 1. The number of nitrogens with zero attached hydrogens (tertiary/aromatic N) is 3. The number of para-hydroxylation sites is 1. The van der Waals surface area contributed by atoms with Gasteiger partial charge in [-0.3, -0.25) is 0 Å². The van der Waals surface area contributed by atoms with E-state index in [1.165, 1.54) is 0 Å². The lowest BCUT2D eigenvalue weighted by molar-refractivity contribution is 0.401. The molecule has 4 heteroatoms. The summed E-state index contributed by atoms with van der Waals surface area (Å²) in [6.45, 7) is 2.62. The van der Waals surface area contributed by atoms with Crippen molar-refractivity contribution >= 4 is 16.7 Å². The zero-order valence-electron chi connectivity index (χ0n) is 12.6. The fraction of sp³-hybridized carbons (Fsp3) is 0.438. The molecule has 0 radical (unpaired) electrons. The van der Waals surface area contributed by atoms with Gasteiger partial charge in [0, 0.05) is 25.5 Å². The lowest BCUT2D eigenvalue weighted by Gasteiger charge is -2.21. The SMILES string of the molecule is CN(C)CCCN(C)c1cc(CN)c2ccccc2n1. The van der Waals surface area contributed by atoms with Crippen LogP contribution in [-0.4, -0.2) is 44.1 Å². The number of nitrogens with two attached hydrogens (primary N) is 1. The molecule has 0 spiro atoms. The van der Waals surface area contributed by atoms with Gasteiger partial charge in [-0.2, -0.15) is 0 Å². The van der Waals surface area contributed by atoms with Crippen LogP contribution in [0.5, 0.6) is 0 Å². The van der Waals surface area contributed by atoms with Gasteiger partial charge in [0.05, 0.1) is 5.52 Å². The molecule has 20 heavy (non-hydrogen) atoms. The van der Waals surface area contributed by atoms with Crippen LogP contribution < -0.4 is 10.6 Å². The van der Waals surface area contributed by atoms with Gasteiger partial charge in [-0.25, -0.2) is 4.98 Å². The van der Waals surface area contributed by atoms with Gasteiger partial charge in [-0.1, -0.05) is 18.2 Å². The van der Waals surface area contributed by atoms with Gasteiger partial charge in [-0.15, -0.1) is 0 Å². The molecule has 0 bridgehead atoms. The summed E-state index contributed by atoms with van der Waals surface area (Å²) in [5, 5.41) is 1.15. The van der Waals surface area contributed by atoms with Crippen molar-refractivity contribution < 1.29 is 0 Å². The van der Waals surface area contributed by atoms with Gasteiger partial charge in [0.2, 0.25) is 0 Å². The molecule has 1 aromatic heterocycles. The molecule has 0 aliphatic rings. The molecule has 0 fully saturated rings. The first-order valence-electron chi connectivity index (χ1n) is 7.06. The molecule has 2 N–H and O–H groups in total. The molecular formula is C16H24N4. The molecule has 0 aliphatic carbocycles. The Bertz CT molecular complexity index is 565. The summed E-state index contributed by atoms with van der Waals surface area (Å²) in [6, 6.07) is 10.3. The number of fused-ring (bicyclic) bond motifs is 1. The van der Waals surface area contributed by atoms with Crippen LogP contribution >= 0.6 is 0 Å². The maximum Gasteiger partial charge on any atom is 0.129 e. The molecule has 1 heterocycles. The molecule has 4 nitrogen and oxygen atoms in total. The van der Waals surface area contributed by atoms with Crippen molar-refractivity contribution in [2.45, 2.75) is 13.0 Å². The van der Waals surface area contributed by atoms with Gasteiger partial charge in [0.25, 0.3) is 0 Å². The summed E-state index contributed by atoms with van der Waals surface area (Å²) in [5.41, 5.74) is 8.05. The Hall–Kier alpha value is -1.65. The third-order valence-corrected chi connectivity index (χ3v) is 3.50. The zero-order valence-corrected chi connectivity index (χ0v) is 12.6. The Labute approximate surface area is 121 Å². The van der Waals surface area contributed by atoms with Crippen LogP contribution in [0.4, 0.5) is 5.82 Å². The van der Waals surface area contributed by atoms with Crippen molar-refractivity contribution in [2.75, 3.05) is 39.1 Å². The number of hydrogen-bond donors (Lipinski definition) is 1. The average molecular weight is 272 g/mol. The van der Waals surface area contributed by atoms with E-state index in [4.69, 9.17) is 10.7 Å². The van der Waals surface area contributed by atoms with E-state index >= 15 is 0 Å². The molecular weight excluding hydrogens is 248 g/mol. The van der Waals surface area contributed by atoms with Crippen molar-refractivity contribution in [3.8, 4) is 0 Å². The van der Waals surface area contributed by atoms with Gasteiger partial charge in [-0.05, 0) is 44.8 Å². The highest BCUT2D eigenvalue weighted by molar-refractivity contribution is 5.84. The fourth-order valence-corrected chi connectivity index (χ4v) is 2.34. The van der Waals surface area contributed by atoms with E-state index in [-0.39, 0.29) is 0 Å². The van der Waals surface area contributed by atoms with Gasteiger partial charge in [0.15, 0.2) is 0 Å². The van der Waals surface area contributed by atoms with Crippen LogP contribution in [0, 0.1) is 0 Å². The maximum atomic E-state index is 5.87. The van der Waals surface area contributed by atoms with Crippen LogP contribution in [0.2, 0.25) is 0 Å². The van der Waals surface area contributed by atoms with Crippen molar-refractivity contribution in [2.24, 2.45) is 5.73 Å². The fourth-order valence-electron chi connectivity index (χ4n) is 2.34. The van der Waals surface area contributed by atoms with Crippen molar-refractivity contribution in [1.29, 1.82) is 0 Å². The first kappa shape index (κ1) is 14.8. The largest absolute Gasteiger partial charge is 0.360 e. The summed E-state index contributed by atoms with van der Waals surface area (Å²) in [6.07, 6.45) is 1.12. The molecule has 108 valence electrons. The second-order valence-electron chi connectivity index (χ2n) is 5.44. The van der Waals surface area contributed by atoms with E-state index < -0.39 is 0 Å². The Balaban J connectivity index is 2.21. The Morgan fingerprint density at radius 1 is 1.10 bits per heavy atom. The summed E-state index contributed by atoms with van der Waals surface area (Å²) in [4.78, 5) is 9.14. The van der Waals surface area contributed by atoms with E-state index in [0.717, 1.165) is 41.8 Å². The van der Waals surface area contributed by atoms with E-state index in [1.54, 1.807) is 0 Å². The highest BCUT2D eigenvalue weighted by Gasteiger charge is 2.08. The monoisotopic (exact) mass is 272 g/mol. The van der Waals surface area contributed by atoms with E-state index in [1.807, 2.05) is 18.2 Å². The van der Waals surface area contributed by atoms with Crippen LogP contribution in [0.1, 0.15) is 12.0 Å². The molecule has 0 saturated heterocycles. The molecule has 0 aliphatic heterocycles. The second-order valence-corrected chi connectivity index (χ2v) is 5.44. The van der Waals surface area contributed by atoms with Crippen molar-refractivity contribution in [3.63, 3.8) is 0 Å². The van der Waals surface area contributed by atoms with Crippen LogP contribution in [-0.2, 0) is 6.54 Å². The number of anilines is 1. The van der Waals surface area contributed by atoms with Crippen LogP contribution in [0.3, 0.4) is 0 Å².